The van der Waals surface area contributed by atoms with E-state index in [2.05, 4.69) is 31.4 Å². The summed E-state index contributed by atoms with van der Waals surface area (Å²) in [4.78, 5) is 41.3. The lowest BCUT2D eigenvalue weighted by Gasteiger charge is -2.35. The van der Waals surface area contributed by atoms with Gasteiger partial charge in [0.2, 0.25) is 11.8 Å². The molecule has 1 saturated heterocycles. The van der Waals surface area contributed by atoms with Crippen molar-refractivity contribution < 1.29 is 32.3 Å². The van der Waals surface area contributed by atoms with Gasteiger partial charge >= 0.3 is 12.3 Å². The van der Waals surface area contributed by atoms with Crippen LogP contribution in [0.25, 0.3) is 0 Å². The first-order valence-electron chi connectivity index (χ1n) is 12.8. The minimum atomic E-state index is -4.66. The lowest BCUT2D eigenvalue weighted by Crippen LogP contribution is -2.52. The van der Waals surface area contributed by atoms with Crippen LogP contribution in [0.4, 0.5) is 23.7 Å². The molecule has 1 aliphatic heterocycles. The Morgan fingerprint density at radius 1 is 1.10 bits per heavy atom. The zero-order valence-corrected chi connectivity index (χ0v) is 23.7. The van der Waals surface area contributed by atoms with Crippen molar-refractivity contribution in [3.8, 4) is 0 Å². The molecule has 4 rings (SSSR count). The van der Waals surface area contributed by atoms with Gasteiger partial charge in [0.1, 0.15) is 12.1 Å². The summed E-state index contributed by atoms with van der Waals surface area (Å²) >= 11 is 3.05. The number of hydrogen-bond acceptors (Lipinski definition) is 6. The molecule has 0 bridgehead atoms. The van der Waals surface area contributed by atoms with Gasteiger partial charge in [-0.2, -0.15) is 23.4 Å². The Bertz CT molecular complexity index is 1250. The number of alkyl halides is 3. The molecule has 0 aromatic carbocycles. The first-order chi connectivity index (χ1) is 18.3. The van der Waals surface area contributed by atoms with Crippen molar-refractivity contribution >= 4 is 39.5 Å². The molecule has 214 valence electrons. The summed E-state index contributed by atoms with van der Waals surface area (Å²) in [5.74, 6) is -0.839. The van der Waals surface area contributed by atoms with Crippen molar-refractivity contribution in [2.45, 2.75) is 64.7 Å². The number of anilines is 1. The molecule has 3 heterocycles. The smallest absolute Gasteiger partial charge is 0.436 e. The van der Waals surface area contributed by atoms with E-state index in [1.54, 1.807) is 30.6 Å². The second kappa shape index (κ2) is 11.2. The second-order valence-electron chi connectivity index (χ2n) is 9.73. The summed E-state index contributed by atoms with van der Waals surface area (Å²) in [6.45, 7) is 8.26. The van der Waals surface area contributed by atoms with Crippen LogP contribution in [0.3, 0.4) is 0 Å². The number of rotatable bonds is 7. The molecule has 1 N–H and O–H groups in total. The molecule has 2 fully saturated rings. The Labute approximate surface area is 231 Å². The summed E-state index contributed by atoms with van der Waals surface area (Å²) in [6, 6.07) is -1.70. The van der Waals surface area contributed by atoms with Crippen LogP contribution in [0.5, 0.6) is 0 Å². The Morgan fingerprint density at radius 3 is 2.28 bits per heavy atom. The van der Waals surface area contributed by atoms with Crippen LogP contribution in [-0.2, 0) is 20.5 Å². The van der Waals surface area contributed by atoms with Crippen LogP contribution in [-0.4, -0.2) is 80.1 Å². The number of aromatic nitrogens is 4. The van der Waals surface area contributed by atoms with Crippen molar-refractivity contribution in [3.63, 3.8) is 0 Å². The van der Waals surface area contributed by atoms with E-state index >= 15 is 0 Å². The molecule has 1 saturated carbocycles. The number of halogens is 4. The van der Waals surface area contributed by atoms with Crippen molar-refractivity contribution in [3.05, 3.63) is 27.8 Å². The van der Waals surface area contributed by atoms with Crippen molar-refractivity contribution in [2.75, 3.05) is 38.1 Å². The number of piperazine rings is 1. The fourth-order valence-electron chi connectivity index (χ4n) is 4.48. The van der Waals surface area contributed by atoms with Gasteiger partial charge in [0.25, 0.3) is 0 Å². The van der Waals surface area contributed by atoms with E-state index in [0.717, 1.165) is 17.5 Å². The summed E-state index contributed by atoms with van der Waals surface area (Å²) in [5, 5.41) is 10.8. The number of carbonyl (C=O) groups is 3. The fraction of sp³-hybridized carbons (Fsp3) is 0.625. The predicted octanol–water partition coefficient (Wildman–Crippen LogP) is 4.11. The standard InChI is InChI=1S/C24H31BrF3N7O4/c1-5-39-23(38)33-10-8-32(9-11-33)22(37)15(4)34-12-17(13(2)30-34)29-21(36)14(3)35-19(16-6-7-16)18(25)20(31-35)24(26,27)28/h12,14-16H,5-11H2,1-4H3,(H,29,36). The Kier molecular flexibility index (Phi) is 8.28. The quantitative estimate of drug-likeness (QED) is 0.500. The van der Waals surface area contributed by atoms with Gasteiger partial charge in [0.15, 0.2) is 5.69 Å². The highest BCUT2D eigenvalue weighted by molar-refractivity contribution is 9.10. The van der Waals surface area contributed by atoms with E-state index < -0.39 is 36.0 Å². The third kappa shape index (κ3) is 6.07. The number of carbonyl (C=O) groups excluding carboxylic acids is 3. The topological polar surface area (TPSA) is 115 Å². The fourth-order valence-corrected chi connectivity index (χ4v) is 5.29. The number of amides is 3. The zero-order valence-electron chi connectivity index (χ0n) is 22.1. The molecule has 2 atom stereocenters. The number of nitrogens with one attached hydrogen (secondary N) is 1. The van der Waals surface area contributed by atoms with Gasteiger partial charge < -0.3 is 19.9 Å². The molecule has 2 aromatic heterocycles. The minimum Gasteiger partial charge on any atom is -0.450 e. The van der Waals surface area contributed by atoms with Gasteiger partial charge in [-0.3, -0.25) is 19.0 Å². The number of hydrogen-bond donors (Lipinski definition) is 1. The highest BCUT2D eigenvalue weighted by Gasteiger charge is 2.43. The van der Waals surface area contributed by atoms with E-state index in [9.17, 15) is 27.6 Å². The van der Waals surface area contributed by atoms with Crippen LogP contribution in [0, 0.1) is 6.92 Å². The average molecular weight is 618 g/mol. The largest absolute Gasteiger partial charge is 0.450 e. The summed E-state index contributed by atoms with van der Waals surface area (Å²) < 4.78 is 47.9. The normalized spacial score (nSPS) is 17.6. The third-order valence-corrected chi connectivity index (χ3v) is 7.69. The molecule has 0 spiro atoms. The molecule has 2 aromatic rings. The van der Waals surface area contributed by atoms with E-state index in [1.165, 1.54) is 17.8 Å². The van der Waals surface area contributed by atoms with Gasteiger partial charge in [0.05, 0.1) is 28.2 Å². The van der Waals surface area contributed by atoms with Crippen molar-refractivity contribution in [2.24, 2.45) is 0 Å². The van der Waals surface area contributed by atoms with Gasteiger partial charge in [-0.25, -0.2) is 4.79 Å². The number of ether oxygens (including phenoxy) is 1. The molecule has 2 aliphatic rings. The summed E-state index contributed by atoms with van der Waals surface area (Å²) in [6.07, 6.45) is -2.08. The first kappa shape index (κ1) is 28.9. The summed E-state index contributed by atoms with van der Waals surface area (Å²) in [7, 11) is 0. The highest BCUT2D eigenvalue weighted by atomic mass is 79.9. The number of aryl methyl sites for hydroxylation is 1. The molecule has 15 heteroatoms. The van der Waals surface area contributed by atoms with Crippen molar-refractivity contribution in [1.82, 2.24) is 29.4 Å². The van der Waals surface area contributed by atoms with Crippen LogP contribution >= 0.6 is 15.9 Å². The lowest BCUT2D eigenvalue weighted by atomic mass is 10.2. The lowest BCUT2D eigenvalue weighted by molar-refractivity contribution is -0.142. The Morgan fingerprint density at radius 2 is 1.72 bits per heavy atom. The number of nitrogens with zero attached hydrogens (tertiary/aromatic N) is 6. The van der Waals surface area contributed by atoms with Gasteiger partial charge in [-0.1, -0.05) is 0 Å². The van der Waals surface area contributed by atoms with Crippen LogP contribution in [0.1, 0.15) is 68.7 Å². The average Bonchev–Trinajstić information content (AvgIpc) is 3.57. The van der Waals surface area contributed by atoms with Crippen LogP contribution < -0.4 is 5.32 Å². The molecule has 39 heavy (non-hydrogen) atoms. The first-order valence-corrected chi connectivity index (χ1v) is 13.5. The second-order valence-corrected chi connectivity index (χ2v) is 10.5. The van der Waals surface area contributed by atoms with Crippen molar-refractivity contribution in [1.29, 1.82) is 0 Å². The van der Waals surface area contributed by atoms with Crippen LogP contribution in [0.2, 0.25) is 0 Å². The maximum atomic E-state index is 13.5. The minimum absolute atomic E-state index is 0.0891. The molecule has 1 aliphatic carbocycles. The van der Waals surface area contributed by atoms with Gasteiger partial charge in [-0.15, -0.1) is 0 Å². The maximum absolute atomic E-state index is 13.5. The highest BCUT2D eigenvalue weighted by Crippen LogP contribution is 2.47. The van der Waals surface area contributed by atoms with E-state index in [-0.39, 0.29) is 22.9 Å². The van der Waals surface area contributed by atoms with Crippen LogP contribution in [0.15, 0.2) is 10.7 Å². The molecular formula is C24H31BrF3N7O4. The van der Waals surface area contributed by atoms with E-state index in [4.69, 9.17) is 4.74 Å². The molecule has 3 amide bonds. The van der Waals surface area contributed by atoms with E-state index in [1.807, 2.05) is 0 Å². The Balaban J connectivity index is 1.43. The predicted molar refractivity (Wildman–Crippen MR) is 137 cm³/mol. The monoisotopic (exact) mass is 617 g/mol. The van der Waals surface area contributed by atoms with Gasteiger partial charge in [0, 0.05) is 38.3 Å². The summed E-state index contributed by atoms with van der Waals surface area (Å²) in [5.41, 5.74) is 0.0967. The Hall–Kier alpha value is -3.10. The third-order valence-electron chi connectivity index (χ3n) is 6.91. The molecule has 2 unspecified atom stereocenters. The maximum Gasteiger partial charge on any atom is 0.436 e. The molecule has 0 radical (unpaired) electrons. The molecule has 11 nitrogen and oxygen atoms in total. The van der Waals surface area contributed by atoms with Gasteiger partial charge in [-0.05, 0) is 56.5 Å². The zero-order chi connectivity index (χ0) is 28.6. The molecular weight excluding hydrogens is 587 g/mol. The van der Waals surface area contributed by atoms with E-state index in [0.29, 0.717) is 43.3 Å². The SMILES string of the molecule is CCOC(=O)N1CCN(C(=O)C(C)n2cc(NC(=O)C(C)n3nc(C(F)(F)F)c(Br)c3C3CC3)c(C)n2)CC1.